The monoisotopic (exact) mass is 365 g/mol. The van der Waals surface area contributed by atoms with E-state index in [-0.39, 0.29) is 5.92 Å². The van der Waals surface area contributed by atoms with Crippen LogP contribution in [0.3, 0.4) is 0 Å². The number of rotatable bonds is 4. The number of benzene rings is 1. The maximum absolute atomic E-state index is 14.5. The molecule has 0 unspecified atom stereocenters. The van der Waals surface area contributed by atoms with Crippen LogP contribution in [0.25, 0.3) is 0 Å². The molecule has 26 heavy (non-hydrogen) atoms. The summed E-state index contributed by atoms with van der Waals surface area (Å²) in [4.78, 5) is 7.09. The Morgan fingerprint density at radius 3 is 2.00 bits per heavy atom. The van der Waals surface area contributed by atoms with Crippen LogP contribution in [-0.4, -0.2) is 61.2 Å². The van der Waals surface area contributed by atoms with E-state index in [1.165, 1.54) is 25.9 Å². The van der Waals surface area contributed by atoms with Crippen LogP contribution in [0, 0.1) is 11.6 Å². The van der Waals surface area contributed by atoms with Gasteiger partial charge in [0.25, 0.3) is 0 Å². The summed E-state index contributed by atoms with van der Waals surface area (Å²) in [7, 11) is 0. The topological polar surface area (TPSA) is 9.72 Å². The van der Waals surface area contributed by atoms with Crippen LogP contribution >= 0.6 is 0 Å². The predicted octanol–water partition coefficient (Wildman–Crippen LogP) is 4.08. The van der Waals surface area contributed by atoms with Crippen molar-refractivity contribution in [3.05, 3.63) is 29.3 Å². The number of hydrogen-bond donors (Lipinski definition) is 0. The molecule has 0 spiro atoms. The van der Waals surface area contributed by atoms with E-state index < -0.39 is 11.6 Å². The van der Waals surface area contributed by atoms with Crippen molar-refractivity contribution < 1.29 is 8.78 Å². The van der Waals surface area contributed by atoms with E-state index in [4.69, 9.17) is 0 Å². The third-order valence-electron chi connectivity index (χ3n) is 6.11. The number of piperazine rings is 1. The zero-order valence-electron chi connectivity index (χ0n) is 16.6. The minimum absolute atomic E-state index is 0.00731. The molecule has 0 N–H and O–H groups in total. The van der Waals surface area contributed by atoms with Crippen LogP contribution in [0.4, 0.5) is 14.5 Å². The Morgan fingerprint density at radius 2 is 1.46 bits per heavy atom. The molecule has 2 heterocycles. The molecule has 2 saturated heterocycles. The molecule has 0 saturated carbocycles. The number of anilines is 1. The first kappa shape index (κ1) is 19.6. The fourth-order valence-electron chi connectivity index (χ4n) is 4.34. The summed E-state index contributed by atoms with van der Waals surface area (Å²) in [5.74, 6) is -1.37. The maximum Gasteiger partial charge on any atom is 0.182 e. The van der Waals surface area contributed by atoms with Gasteiger partial charge in [-0.3, -0.25) is 4.90 Å². The van der Waals surface area contributed by atoms with Crippen molar-refractivity contribution in [3.63, 3.8) is 0 Å². The Bertz CT molecular complexity index is 602. The van der Waals surface area contributed by atoms with Crippen molar-refractivity contribution in [1.82, 2.24) is 9.80 Å². The Kier molecular flexibility index (Phi) is 6.18. The summed E-state index contributed by atoms with van der Waals surface area (Å²) in [5.41, 5.74) is 0.878. The lowest BCUT2D eigenvalue weighted by Gasteiger charge is -2.44. The second kappa shape index (κ2) is 8.22. The van der Waals surface area contributed by atoms with E-state index in [9.17, 15) is 8.78 Å². The first-order valence-electron chi connectivity index (χ1n) is 10.1. The molecule has 2 aliphatic rings. The van der Waals surface area contributed by atoms with Crippen LogP contribution in [0.1, 0.15) is 52.0 Å². The minimum Gasteiger partial charge on any atom is -0.367 e. The van der Waals surface area contributed by atoms with Gasteiger partial charge in [0.15, 0.2) is 11.6 Å². The van der Waals surface area contributed by atoms with Crippen LogP contribution in [0.15, 0.2) is 12.1 Å². The number of halogens is 2. The maximum atomic E-state index is 14.5. The Balaban J connectivity index is 1.58. The van der Waals surface area contributed by atoms with Gasteiger partial charge in [-0.25, -0.2) is 8.78 Å². The molecule has 3 rings (SSSR count). The fourth-order valence-corrected chi connectivity index (χ4v) is 4.34. The highest BCUT2D eigenvalue weighted by atomic mass is 19.2. The molecule has 0 atom stereocenters. The largest absolute Gasteiger partial charge is 0.367 e. The summed E-state index contributed by atoms with van der Waals surface area (Å²) in [5, 5.41) is 0. The Morgan fingerprint density at radius 1 is 0.846 bits per heavy atom. The lowest BCUT2D eigenvalue weighted by Crippen LogP contribution is -2.54. The number of piperidine rings is 1. The average molecular weight is 366 g/mol. The molecule has 1 aromatic rings. The molecule has 1 aromatic carbocycles. The van der Waals surface area contributed by atoms with Crippen molar-refractivity contribution in [2.45, 2.75) is 58.5 Å². The number of hydrogen-bond acceptors (Lipinski definition) is 3. The van der Waals surface area contributed by atoms with E-state index in [1.54, 1.807) is 12.1 Å². The highest BCUT2D eigenvalue weighted by molar-refractivity contribution is 5.50. The van der Waals surface area contributed by atoms with Gasteiger partial charge in [-0.2, -0.15) is 0 Å². The molecule has 2 aliphatic heterocycles. The van der Waals surface area contributed by atoms with Gasteiger partial charge in [-0.15, -0.1) is 0 Å². The smallest absolute Gasteiger partial charge is 0.182 e. The summed E-state index contributed by atoms with van der Waals surface area (Å²) in [6.45, 7) is 14.0. The second-order valence-corrected chi connectivity index (χ2v) is 8.34. The zero-order valence-corrected chi connectivity index (χ0v) is 16.6. The van der Waals surface area contributed by atoms with Crippen molar-refractivity contribution in [3.8, 4) is 0 Å². The van der Waals surface area contributed by atoms with E-state index in [0.717, 1.165) is 26.2 Å². The zero-order chi connectivity index (χ0) is 18.8. The normalized spacial score (nSPS) is 21.2. The van der Waals surface area contributed by atoms with Gasteiger partial charge < -0.3 is 9.80 Å². The van der Waals surface area contributed by atoms with E-state index in [1.807, 2.05) is 18.7 Å². The molecule has 0 amide bonds. The lowest BCUT2D eigenvalue weighted by atomic mass is 10.00. The molecule has 0 bridgehead atoms. The second-order valence-electron chi connectivity index (χ2n) is 8.34. The highest BCUT2D eigenvalue weighted by Gasteiger charge is 2.29. The molecule has 146 valence electrons. The minimum atomic E-state index is -0.685. The van der Waals surface area contributed by atoms with Gasteiger partial charge in [0.2, 0.25) is 0 Å². The first-order valence-corrected chi connectivity index (χ1v) is 10.1. The highest BCUT2D eigenvalue weighted by Crippen LogP contribution is 2.29. The molecule has 0 aromatic heterocycles. The van der Waals surface area contributed by atoms with Crippen LogP contribution < -0.4 is 4.90 Å². The van der Waals surface area contributed by atoms with E-state index >= 15 is 0 Å². The number of likely N-dealkylation sites (tertiary alicyclic amines) is 1. The third kappa shape index (κ3) is 4.04. The molecule has 3 nitrogen and oxygen atoms in total. The average Bonchev–Trinajstić information content (AvgIpc) is 2.64. The molecule has 0 radical (unpaired) electrons. The standard InChI is InChI=1S/C21H33F2N3/c1-15(2)18-5-6-19(21(23)20(18)22)26-13-11-25(12-14-26)17-7-9-24(10-8-17)16(3)4/h5-6,15-17H,7-14H2,1-4H3. The van der Waals surface area contributed by atoms with Gasteiger partial charge in [0.1, 0.15) is 0 Å². The Hall–Kier alpha value is -1.20. The van der Waals surface area contributed by atoms with Crippen molar-refractivity contribution >= 4 is 5.69 Å². The van der Waals surface area contributed by atoms with Crippen molar-refractivity contribution in [2.24, 2.45) is 0 Å². The van der Waals surface area contributed by atoms with Gasteiger partial charge in [0, 0.05) is 38.3 Å². The van der Waals surface area contributed by atoms with Gasteiger partial charge in [0.05, 0.1) is 5.69 Å². The molecule has 5 heteroatoms. The quantitative estimate of drug-likeness (QED) is 0.796. The SMILES string of the molecule is CC(C)c1ccc(N2CCN(C3CCN(C(C)C)CC3)CC2)c(F)c1F. The van der Waals surface area contributed by atoms with Crippen LogP contribution in [0.5, 0.6) is 0 Å². The fraction of sp³-hybridized carbons (Fsp3) is 0.714. The van der Waals surface area contributed by atoms with Crippen LogP contribution in [-0.2, 0) is 0 Å². The summed E-state index contributed by atoms with van der Waals surface area (Å²) < 4.78 is 28.9. The van der Waals surface area contributed by atoms with E-state index in [2.05, 4.69) is 23.6 Å². The summed E-state index contributed by atoms with van der Waals surface area (Å²) >= 11 is 0. The van der Waals surface area contributed by atoms with Crippen molar-refractivity contribution in [1.29, 1.82) is 0 Å². The summed E-state index contributed by atoms with van der Waals surface area (Å²) in [6.07, 6.45) is 2.43. The molecular weight excluding hydrogens is 332 g/mol. The van der Waals surface area contributed by atoms with Crippen LogP contribution in [0.2, 0.25) is 0 Å². The van der Waals surface area contributed by atoms with Gasteiger partial charge in [-0.05, 0) is 57.3 Å². The molecule has 2 fully saturated rings. The molecular formula is C21H33F2N3. The number of nitrogens with zero attached hydrogens (tertiary/aromatic N) is 3. The lowest BCUT2D eigenvalue weighted by molar-refractivity contribution is 0.0882. The molecule has 0 aliphatic carbocycles. The first-order chi connectivity index (χ1) is 12.4. The predicted molar refractivity (Wildman–Crippen MR) is 104 cm³/mol. The van der Waals surface area contributed by atoms with Gasteiger partial charge >= 0.3 is 0 Å². The summed E-state index contributed by atoms with van der Waals surface area (Å²) in [6, 6.07) is 4.76. The van der Waals surface area contributed by atoms with E-state index in [0.29, 0.717) is 23.3 Å². The third-order valence-corrected chi connectivity index (χ3v) is 6.11. The van der Waals surface area contributed by atoms with Crippen molar-refractivity contribution in [2.75, 3.05) is 44.2 Å². The Labute approximate surface area is 157 Å². The van der Waals surface area contributed by atoms with Gasteiger partial charge in [-0.1, -0.05) is 19.9 Å².